The number of hydrogen-bond donors (Lipinski definition) is 1. The molecule has 1 aromatic rings. The van der Waals surface area contributed by atoms with Crippen LogP contribution >= 0.6 is 0 Å². The minimum atomic E-state index is 0.0456. The number of fused-ring (bicyclic) bond motifs is 1. The summed E-state index contributed by atoms with van der Waals surface area (Å²) in [6.07, 6.45) is 8.52. The van der Waals surface area contributed by atoms with Crippen molar-refractivity contribution in [2.24, 2.45) is 11.8 Å². The van der Waals surface area contributed by atoms with E-state index in [1.54, 1.807) is 0 Å². The van der Waals surface area contributed by atoms with E-state index in [4.69, 9.17) is 0 Å². The lowest BCUT2D eigenvalue weighted by Crippen LogP contribution is -2.52. The van der Waals surface area contributed by atoms with E-state index >= 15 is 0 Å². The molecule has 1 aromatic heterocycles. The van der Waals surface area contributed by atoms with Crippen LogP contribution in [0.1, 0.15) is 56.3 Å². The third-order valence-corrected chi connectivity index (χ3v) is 6.81. The summed E-state index contributed by atoms with van der Waals surface area (Å²) in [6, 6.07) is 2.69. The molecule has 4 rings (SSSR count). The van der Waals surface area contributed by atoms with Gasteiger partial charge in [0.1, 0.15) is 0 Å². The summed E-state index contributed by atoms with van der Waals surface area (Å²) < 4.78 is 0. The van der Waals surface area contributed by atoms with Crippen LogP contribution in [0.25, 0.3) is 0 Å². The highest BCUT2D eigenvalue weighted by Crippen LogP contribution is 2.30. The van der Waals surface area contributed by atoms with Crippen LogP contribution in [0.15, 0.2) is 6.07 Å². The van der Waals surface area contributed by atoms with Crippen molar-refractivity contribution in [3.05, 3.63) is 17.5 Å². The average molecular weight is 386 g/mol. The highest BCUT2D eigenvalue weighted by Gasteiger charge is 2.34. The summed E-state index contributed by atoms with van der Waals surface area (Å²) in [4.78, 5) is 27.0. The maximum atomic E-state index is 12.9. The Morgan fingerprint density at radius 1 is 1.04 bits per heavy atom. The number of piperidine rings is 3. The normalized spacial score (nSPS) is 28.6. The van der Waals surface area contributed by atoms with Gasteiger partial charge < -0.3 is 15.1 Å². The number of nitrogens with zero attached hydrogens (tertiary/aromatic N) is 4. The van der Waals surface area contributed by atoms with Gasteiger partial charge in [-0.2, -0.15) is 0 Å². The summed E-state index contributed by atoms with van der Waals surface area (Å²) in [5.41, 5.74) is 1.98. The largest absolute Gasteiger partial charge is 0.355 e. The molecule has 6 heteroatoms. The first-order valence-corrected chi connectivity index (χ1v) is 11.2. The second-order valence-corrected chi connectivity index (χ2v) is 8.98. The van der Waals surface area contributed by atoms with Crippen LogP contribution in [0.4, 0.5) is 5.95 Å². The third kappa shape index (κ3) is 4.48. The van der Waals surface area contributed by atoms with E-state index in [0.717, 1.165) is 49.8 Å². The van der Waals surface area contributed by atoms with Crippen molar-refractivity contribution in [3.8, 4) is 0 Å². The van der Waals surface area contributed by atoms with E-state index in [-0.39, 0.29) is 11.8 Å². The number of aromatic nitrogens is 2. The maximum absolute atomic E-state index is 12.9. The van der Waals surface area contributed by atoms with E-state index in [1.807, 2.05) is 19.9 Å². The third-order valence-electron chi connectivity index (χ3n) is 6.81. The molecule has 3 saturated heterocycles. The quantitative estimate of drug-likeness (QED) is 0.863. The Hall–Kier alpha value is -1.69. The Labute approximate surface area is 169 Å². The zero-order chi connectivity index (χ0) is 19.5. The number of hydrogen-bond acceptors (Lipinski definition) is 5. The molecule has 3 aliphatic rings. The molecule has 0 aromatic carbocycles. The topological polar surface area (TPSA) is 61.4 Å². The van der Waals surface area contributed by atoms with Crippen LogP contribution < -0.4 is 10.2 Å². The van der Waals surface area contributed by atoms with Gasteiger partial charge in [-0.15, -0.1) is 0 Å². The van der Waals surface area contributed by atoms with Crippen LogP contribution in [0.5, 0.6) is 0 Å². The Kier molecular flexibility index (Phi) is 6.14. The van der Waals surface area contributed by atoms with Gasteiger partial charge in [-0.3, -0.25) is 4.79 Å². The lowest BCUT2D eigenvalue weighted by Gasteiger charge is -2.44. The second-order valence-electron chi connectivity index (χ2n) is 8.98. The average Bonchev–Trinajstić information content (AvgIpc) is 2.71. The van der Waals surface area contributed by atoms with Crippen molar-refractivity contribution in [1.29, 1.82) is 0 Å². The molecule has 0 saturated carbocycles. The summed E-state index contributed by atoms with van der Waals surface area (Å²) in [5.74, 6) is 1.67. The lowest BCUT2D eigenvalue weighted by molar-refractivity contribution is -0.125. The number of rotatable bonds is 4. The smallest absolute Gasteiger partial charge is 0.225 e. The fraction of sp³-hybridized carbons (Fsp3) is 0.773. The molecule has 0 spiro atoms. The van der Waals surface area contributed by atoms with Gasteiger partial charge in [-0.05, 0) is 77.4 Å². The van der Waals surface area contributed by atoms with Gasteiger partial charge in [0.25, 0.3) is 0 Å². The first-order chi connectivity index (χ1) is 13.6. The number of aryl methyl sites for hydroxylation is 2. The van der Waals surface area contributed by atoms with Crippen molar-refractivity contribution >= 4 is 11.9 Å². The van der Waals surface area contributed by atoms with E-state index < -0.39 is 0 Å². The molecule has 6 nitrogen and oxygen atoms in total. The van der Waals surface area contributed by atoms with Crippen molar-refractivity contribution in [3.63, 3.8) is 0 Å². The summed E-state index contributed by atoms with van der Waals surface area (Å²) >= 11 is 0. The minimum absolute atomic E-state index is 0.0456. The fourth-order valence-electron chi connectivity index (χ4n) is 5.41. The van der Waals surface area contributed by atoms with Crippen LogP contribution in [0, 0.1) is 25.7 Å². The van der Waals surface area contributed by atoms with Gasteiger partial charge in [-0.25, -0.2) is 9.97 Å². The van der Waals surface area contributed by atoms with E-state index in [1.165, 1.54) is 45.2 Å². The number of nitrogens with one attached hydrogen (secondary N) is 1. The lowest BCUT2D eigenvalue weighted by atomic mass is 9.83. The SMILES string of the molecule is Cc1cc(C)nc(N2CCC[C@H](C(=O)NC[C@@H]3CCCN4CCCC[C@@H]34)C2)n1. The van der Waals surface area contributed by atoms with Gasteiger partial charge in [0.05, 0.1) is 5.92 Å². The van der Waals surface area contributed by atoms with Gasteiger partial charge in [0.2, 0.25) is 11.9 Å². The van der Waals surface area contributed by atoms with Crippen LogP contribution in [-0.2, 0) is 4.79 Å². The molecule has 0 bridgehead atoms. The molecule has 4 heterocycles. The summed E-state index contributed by atoms with van der Waals surface area (Å²) in [5, 5.41) is 3.32. The van der Waals surface area contributed by atoms with Gasteiger partial charge in [-0.1, -0.05) is 6.42 Å². The number of carbonyl (C=O) groups excluding carboxylic acids is 1. The van der Waals surface area contributed by atoms with Crippen molar-refractivity contribution in [2.75, 3.05) is 37.6 Å². The van der Waals surface area contributed by atoms with Gasteiger partial charge >= 0.3 is 0 Å². The molecule has 0 radical (unpaired) electrons. The second kappa shape index (κ2) is 8.76. The van der Waals surface area contributed by atoms with Crippen LogP contribution in [0.2, 0.25) is 0 Å². The van der Waals surface area contributed by atoms with E-state index in [2.05, 4.69) is 25.1 Å². The summed E-state index contributed by atoms with van der Waals surface area (Å²) in [7, 11) is 0. The highest BCUT2D eigenvalue weighted by molar-refractivity contribution is 5.79. The number of amides is 1. The number of anilines is 1. The zero-order valence-electron chi connectivity index (χ0n) is 17.5. The Bertz CT molecular complexity index is 671. The van der Waals surface area contributed by atoms with Crippen molar-refractivity contribution in [2.45, 2.75) is 64.8 Å². The first-order valence-electron chi connectivity index (χ1n) is 11.2. The highest BCUT2D eigenvalue weighted by atomic mass is 16.1. The Balaban J connectivity index is 1.33. The van der Waals surface area contributed by atoms with Crippen molar-refractivity contribution in [1.82, 2.24) is 20.2 Å². The monoisotopic (exact) mass is 385 g/mol. The maximum Gasteiger partial charge on any atom is 0.225 e. The number of carbonyl (C=O) groups is 1. The predicted octanol–water partition coefficient (Wildman–Crippen LogP) is 2.69. The van der Waals surface area contributed by atoms with Crippen LogP contribution in [-0.4, -0.2) is 59.5 Å². The molecule has 1 amide bonds. The van der Waals surface area contributed by atoms with E-state index in [9.17, 15) is 4.79 Å². The fourth-order valence-corrected chi connectivity index (χ4v) is 5.41. The van der Waals surface area contributed by atoms with Gasteiger partial charge in [0, 0.05) is 37.1 Å². The molecular weight excluding hydrogens is 350 g/mol. The molecule has 3 fully saturated rings. The summed E-state index contributed by atoms with van der Waals surface area (Å²) in [6.45, 7) is 9.03. The minimum Gasteiger partial charge on any atom is -0.355 e. The molecule has 154 valence electrons. The molecule has 1 N–H and O–H groups in total. The standard InChI is InChI=1S/C22H35N5O/c1-16-13-17(2)25-22(24-16)27-12-6-8-19(15-27)21(28)23-14-18-7-5-11-26-10-4-3-9-20(18)26/h13,18-20H,3-12,14-15H2,1-2H3,(H,23,28)/t18-,19-,20-/m0/s1. The molecule has 0 aliphatic carbocycles. The Morgan fingerprint density at radius 3 is 2.61 bits per heavy atom. The molecular formula is C22H35N5O. The molecule has 3 atom stereocenters. The zero-order valence-corrected chi connectivity index (χ0v) is 17.5. The van der Waals surface area contributed by atoms with E-state index in [0.29, 0.717) is 12.0 Å². The van der Waals surface area contributed by atoms with Gasteiger partial charge in [0.15, 0.2) is 0 Å². The molecule has 0 unspecified atom stereocenters. The molecule has 3 aliphatic heterocycles. The Morgan fingerprint density at radius 2 is 1.79 bits per heavy atom. The molecule has 28 heavy (non-hydrogen) atoms. The predicted molar refractivity (Wildman–Crippen MR) is 111 cm³/mol. The first kappa shape index (κ1) is 19.6. The van der Waals surface area contributed by atoms with Crippen molar-refractivity contribution < 1.29 is 4.79 Å². The van der Waals surface area contributed by atoms with Crippen LogP contribution in [0.3, 0.4) is 0 Å².